The monoisotopic (exact) mass is 285 g/mol. The molecular weight excluding hydrogens is 266 g/mol. The first-order valence-electron chi connectivity index (χ1n) is 6.09. The highest BCUT2D eigenvalue weighted by Crippen LogP contribution is 2.13. The molecular formula is C11H19N5O2S. The highest BCUT2D eigenvalue weighted by atomic mass is 32.2. The van der Waals surface area contributed by atoms with Crippen LogP contribution >= 0.6 is 11.8 Å². The Labute approximate surface area is 116 Å². The first kappa shape index (κ1) is 15.5. The van der Waals surface area contributed by atoms with Crippen molar-refractivity contribution in [3.05, 3.63) is 6.33 Å². The lowest BCUT2D eigenvalue weighted by Crippen LogP contribution is -2.40. The van der Waals surface area contributed by atoms with Crippen LogP contribution in [0.3, 0.4) is 0 Å². The van der Waals surface area contributed by atoms with Gasteiger partial charge in [0.15, 0.2) is 5.16 Å². The number of carbonyl (C=O) groups is 2. The number of carbonyl (C=O) groups excluding carboxylic acids is 2. The molecule has 0 unspecified atom stereocenters. The van der Waals surface area contributed by atoms with Gasteiger partial charge in [0.2, 0.25) is 11.8 Å². The maximum atomic E-state index is 11.6. The Morgan fingerprint density at radius 1 is 1.42 bits per heavy atom. The molecule has 0 aliphatic carbocycles. The molecule has 0 aromatic carbocycles. The molecule has 0 spiro atoms. The van der Waals surface area contributed by atoms with E-state index in [9.17, 15) is 9.59 Å². The normalized spacial score (nSPS) is 10.5. The molecule has 0 fully saturated rings. The third-order valence-electron chi connectivity index (χ3n) is 2.15. The van der Waals surface area contributed by atoms with Gasteiger partial charge in [-0.1, -0.05) is 11.8 Å². The van der Waals surface area contributed by atoms with Crippen molar-refractivity contribution in [3.63, 3.8) is 0 Å². The largest absolute Gasteiger partial charge is 0.352 e. The van der Waals surface area contributed by atoms with Crippen LogP contribution < -0.4 is 10.6 Å². The fourth-order valence-electron chi connectivity index (χ4n) is 1.31. The lowest BCUT2D eigenvalue weighted by molar-refractivity contribution is -0.125. The van der Waals surface area contributed by atoms with Gasteiger partial charge in [-0.15, -0.1) is 10.2 Å². The zero-order valence-corrected chi connectivity index (χ0v) is 12.2. The lowest BCUT2D eigenvalue weighted by Gasteiger charge is -2.09. The molecule has 8 heteroatoms. The van der Waals surface area contributed by atoms with Crippen LogP contribution in [0.5, 0.6) is 0 Å². The summed E-state index contributed by atoms with van der Waals surface area (Å²) in [4.78, 5) is 22.9. The molecule has 0 aliphatic heterocycles. The van der Waals surface area contributed by atoms with Gasteiger partial charge in [0, 0.05) is 12.6 Å². The smallest absolute Gasteiger partial charge is 0.239 e. The number of aromatic nitrogens is 3. The first-order valence-corrected chi connectivity index (χ1v) is 7.08. The van der Waals surface area contributed by atoms with Crippen LogP contribution in [0.15, 0.2) is 11.5 Å². The van der Waals surface area contributed by atoms with E-state index in [-0.39, 0.29) is 30.2 Å². The Morgan fingerprint density at radius 2 is 2.16 bits per heavy atom. The number of amides is 2. The summed E-state index contributed by atoms with van der Waals surface area (Å²) in [7, 11) is 0. The standard InChI is InChI=1S/C11H19N5O2S/c1-4-16-7-13-15-11(16)19-6-10(18)12-5-9(17)14-8(2)3/h7-8H,4-6H2,1-3H3,(H,12,18)(H,14,17). The summed E-state index contributed by atoms with van der Waals surface area (Å²) in [6.07, 6.45) is 1.62. The van der Waals surface area contributed by atoms with Gasteiger partial charge >= 0.3 is 0 Å². The predicted octanol–water partition coefficient (Wildman–Crippen LogP) is 0.0309. The van der Waals surface area contributed by atoms with E-state index in [2.05, 4.69) is 20.8 Å². The highest BCUT2D eigenvalue weighted by Gasteiger charge is 2.09. The van der Waals surface area contributed by atoms with E-state index >= 15 is 0 Å². The fraction of sp³-hybridized carbons (Fsp3) is 0.636. The maximum absolute atomic E-state index is 11.6. The molecule has 0 saturated heterocycles. The maximum Gasteiger partial charge on any atom is 0.239 e. The summed E-state index contributed by atoms with van der Waals surface area (Å²) >= 11 is 1.30. The number of hydrogen-bond acceptors (Lipinski definition) is 5. The quantitative estimate of drug-likeness (QED) is 0.690. The number of thioether (sulfide) groups is 1. The van der Waals surface area contributed by atoms with Crippen LogP contribution in [0.1, 0.15) is 20.8 Å². The Kier molecular flexibility index (Phi) is 6.34. The molecule has 106 valence electrons. The number of nitrogens with zero attached hydrogens (tertiary/aromatic N) is 3. The average molecular weight is 285 g/mol. The van der Waals surface area contributed by atoms with Crippen molar-refractivity contribution in [2.45, 2.75) is 38.5 Å². The zero-order chi connectivity index (χ0) is 14.3. The van der Waals surface area contributed by atoms with Crippen LogP contribution in [0.2, 0.25) is 0 Å². The average Bonchev–Trinajstić information content (AvgIpc) is 2.80. The fourth-order valence-corrected chi connectivity index (χ4v) is 2.12. The molecule has 2 N–H and O–H groups in total. The summed E-state index contributed by atoms with van der Waals surface area (Å²) in [6.45, 7) is 6.47. The van der Waals surface area contributed by atoms with Crippen LogP contribution in [-0.4, -0.2) is 44.9 Å². The van der Waals surface area contributed by atoms with E-state index in [4.69, 9.17) is 0 Å². The van der Waals surface area contributed by atoms with Crippen molar-refractivity contribution in [2.24, 2.45) is 0 Å². The molecule has 0 atom stereocenters. The van der Waals surface area contributed by atoms with Gasteiger partial charge in [-0.2, -0.15) is 0 Å². The van der Waals surface area contributed by atoms with Crippen LogP contribution in [0.4, 0.5) is 0 Å². The lowest BCUT2D eigenvalue weighted by atomic mass is 10.4. The molecule has 1 aromatic heterocycles. The van der Waals surface area contributed by atoms with Crippen molar-refractivity contribution in [1.29, 1.82) is 0 Å². The van der Waals surface area contributed by atoms with Crippen molar-refractivity contribution in [3.8, 4) is 0 Å². The number of aryl methyl sites for hydroxylation is 1. The van der Waals surface area contributed by atoms with Gasteiger partial charge < -0.3 is 15.2 Å². The predicted molar refractivity (Wildman–Crippen MR) is 72.7 cm³/mol. The van der Waals surface area contributed by atoms with Gasteiger partial charge in [-0.3, -0.25) is 9.59 Å². The van der Waals surface area contributed by atoms with Gasteiger partial charge in [0.1, 0.15) is 6.33 Å². The van der Waals surface area contributed by atoms with E-state index in [1.165, 1.54) is 11.8 Å². The van der Waals surface area contributed by atoms with Crippen molar-refractivity contribution >= 4 is 23.6 Å². The van der Waals surface area contributed by atoms with Gasteiger partial charge in [-0.25, -0.2) is 0 Å². The van der Waals surface area contributed by atoms with Crippen LogP contribution in [0.25, 0.3) is 0 Å². The second-order valence-electron chi connectivity index (χ2n) is 4.19. The zero-order valence-electron chi connectivity index (χ0n) is 11.3. The number of rotatable bonds is 7. The summed E-state index contributed by atoms with van der Waals surface area (Å²) in [5, 5.41) is 13.6. The molecule has 0 aliphatic rings. The first-order chi connectivity index (χ1) is 9.02. The molecule has 1 aromatic rings. The second-order valence-corrected chi connectivity index (χ2v) is 5.13. The molecule has 19 heavy (non-hydrogen) atoms. The van der Waals surface area contributed by atoms with E-state index in [0.29, 0.717) is 5.16 Å². The second kappa shape index (κ2) is 7.78. The number of nitrogens with one attached hydrogen (secondary N) is 2. The molecule has 7 nitrogen and oxygen atoms in total. The van der Waals surface area contributed by atoms with E-state index in [1.807, 2.05) is 25.3 Å². The summed E-state index contributed by atoms with van der Waals surface area (Å²) in [6, 6.07) is 0.0712. The van der Waals surface area contributed by atoms with E-state index < -0.39 is 0 Å². The third kappa shape index (κ3) is 5.73. The minimum atomic E-state index is -0.199. The van der Waals surface area contributed by atoms with Crippen molar-refractivity contribution < 1.29 is 9.59 Å². The minimum Gasteiger partial charge on any atom is -0.352 e. The Morgan fingerprint density at radius 3 is 2.79 bits per heavy atom. The van der Waals surface area contributed by atoms with E-state index in [0.717, 1.165) is 6.54 Å². The van der Waals surface area contributed by atoms with Crippen molar-refractivity contribution in [1.82, 2.24) is 25.4 Å². The third-order valence-corrected chi connectivity index (χ3v) is 3.13. The Bertz CT molecular complexity index is 432. The van der Waals surface area contributed by atoms with Gasteiger partial charge in [0.05, 0.1) is 12.3 Å². The summed E-state index contributed by atoms with van der Waals surface area (Å²) in [5.41, 5.74) is 0. The van der Waals surface area contributed by atoms with Crippen molar-refractivity contribution in [2.75, 3.05) is 12.3 Å². The highest BCUT2D eigenvalue weighted by molar-refractivity contribution is 7.99. The Hall–Kier alpha value is -1.57. The topological polar surface area (TPSA) is 88.9 Å². The summed E-state index contributed by atoms with van der Waals surface area (Å²) < 4.78 is 1.85. The van der Waals surface area contributed by atoms with Gasteiger partial charge in [0.25, 0.3) is 0 Å². The molecule has 0 bridgehead atoms. The molecule has 0 saturated carbocycles. The summed E-state index contributed by atoms with van der Waals surface area (Å²) in [5.74, 6) is -0.173. The SMILES string of the molecule is CCn1cnnc1SCC(=O)NCC(=O)NC(C)C. The minimum absolute atomic E-state index is 0.00194. The van der Waals surface area contributed by atoms with Gasteiger partial charge in [-0.05, 0) is 20.8 Å². The molecule has 0 radical (unpaired) electrons. The van der Waals surface area contributed by atoms with Crippen LogP contribution in [0, 0.1) is 0 Å². The molecule has 1 rings (SSSR count). The molecule has 1 heterocycles. The molecule has 2 amide bonds. The van der Waals surface area contributed by atoms with E-state index in [1.54, 1.807) is 6.33 Å². The Balaban J connectivity index is 2.27. The number of hydrogen-bond donors (Lipinski definition) is 2. The van der Waals surface area contributed by atoms with Crippen LogP contribution in [-0.2, 0) is 16.1 Å².